The molecule has 2 aromatic rings. The molecule has 0 aliphatic carbocycles. The minimum Gasteiger partial charge on any atom is -0.399 e. The maximum Gasteiger partial charge on any atom is 0.255 e. The smallest absolute Gasteiger partial charge is 0.255 e. The highest BCUT2D eigenvalue weighted by Crippen LogP contribution is 2.30. The molecule has 2 N–H and O–H groups in total. The summed E-state index contributed by atoms with van der Waals surface area (Å²) in [5, 5.41) is 4.32. The van der Waals surface area contributed by atoms with Crippen molar-refractivity contribution in [1.82, 2.24) is 10.1 Å². The highest BCUT2D eigenvalue weighted by Gasteiger charge is 2.20. The van der Waals surface area contributed by atoms with Crippen LogP contribution in [0.3, 0.4) is 0 Å². The molecule has 0 fully saturated rings. The minimum absolute atomic E-state index is 0.196. The summed E-state index contributed by atoms with van der Waals surface area (Å²) in [6.07, 6.45) is 0. The molecule has 0 spiro atoms. The topological polar surface area (TPSA) is 72.4 Å². The molecular weight excluding hydrogens is 313 g/mol. The number of anilines is 1. The standard InChI is InChI=1S/C14H15Cl2N3O2/c1-7-11(8(2)21-18-7)6-19(3)14(20)10-4-9(17)5-12(15)13(10)16/h4-5H,6,17H2,1-3H3. The lowest BCUT2D eigenvalue weighted by Crippen LogP contribution is -2.27. The summed E-state index contributed by atoms with van der Waals surface area (Å²) in [6, 6.07) is 3.02. The Balaban J connectivity index is 2.28. The van der Waals surface area contributed by atoms with Crippen LogP contribution in [-0.4, -0.2) is 23.0 Å². The highest BCUT2D eigenvalue weighted by molar-refractivity contribution is 6.44. The summed E-state index contributed by atoms with van der Waals surface area (Å²) < 4.78 is 5.09. The number of nitrogens with two attached hydrogens (primary N) is 1. The molecule has 7 heteroatoms. The third-order valence-corrected chi connectivity index (χ3v) is 4.01. The third-order valence-electron chi connectivity index (χ3n) is 3.20. The summed E-state index contributed by atoms with van der Waals surface area (Å²) in [4.78, 5) is 14.0. The molecule has 1 aromatic carbocycles. The Bertz CT molecular complexity index is 678. The van der Waals surface area contributed by atoms with Gasteiger partial charge in [0.15, 0.2) is 0 Å². The number of rotatable bonds is 3. The number of benzene rings is 1. The number of hydrogen-bond acceptors (Lipinski definition) is 4. The average molecular weight is 328 g/mol. The molecule has 0 aliphatic heterocycles. The Morgan fingerprint density at radius 1 is 1.38 bits per heavy atom. The molecule has 2 rings (SSSR count). The van der Waals surface area contributed by atoms with Crippen LogP contribution in [0.15, 0.2) is 16.7 Å². The Morgan fingerprint density at radius 2 is 2.05 bits per heavy atom. The van der Waals surface area contributed by atoms with E-state index in [2.05, 4.69) is 5.16 Å². The normalized spacial score (nSPS) is 10.7. The first kappa shape index (κ1) is 15.7. The zero-order valence-corrected chi connectivity index (χ0v) is 13.4. The fraction of sp³-hybridized carbons (Fsp3) is 0.286. The van der Waals surface area contributed by atoms with Gasteiger partial charge in [0.05, 0.1) is 27.8 Å². The number of aromatic nitrogens is 1. The lowest BCUT2D eigenvalue weighted by Gasteiger charge is -2.18. The molecule has 0 saturated heterocycles. The van der Waals surface area contributed by atoms with E-state index in [1.807, 2.05) is 6.92 Å². The van der Waals surface area contributed by atoms with E-state index in [0.717, 1.165) is 11.3 Å². The second-order valence-electron chi connectivity index (χ2n) is 4.83. The molecule has 0 unspecified atom stereocenters. The van der Waals surface area contributed by atoms with Crippen LogP contribution in [0.1, 0.15) is 27.4 Å². The molecule has 112 valence electrons. The van der Waals surface area contributed by atoms with E-state index in [9.17, 15) is 4.79 Å². The number of aryl methyl sites for hydroxylation is 2. The number of carbonyl (C=O) groups excluding carboxylic acids is 1. The van der Waals surface area contributed by atoms with Crippen LogP contribution in [0, 0.1) is 13.8 Å². The predicted molar refractivity (Wildman–Crippen MR) is 82.6 cm³/mol. The van der Waals surface area contributed by atoms with Crippen molar-refractivity contribution in [3.63, 3.8) is 0 Å². The van der Waals surface area contributed by atoms with E-state index in [-0.39, 0.29) is 21.5 Å². The minimum atomic E-state index is -0.269. The summed E-state index contributed by atoms with van der Waals surface area (Å²) in [6.45, 7) is 4.00. The van der Waals surface area contributed by atoms with E-state index >= 15 is 0 Å². The third kappa shape index (κ3) is 3.14. The Kier molecular flexibility index (Phi) is 4.44. The molecule has 1 amide bonds. The van der Waals surface area contributed by atoms with Crippen molar-refractivity contribution in [3.8, 4) is 0 Å². The van der Waals surface area contributed by atoms with Crippen molar-refractivity contribution in [2.24, 2.45) is 0 Å². The van der Waals surface area contributed by atoms with Gasteiger partial charge < -0.3 is 15.2 Å². The summed E-state index contributed by atoms with van der Waals surface area (Å²) in [5.74, 6) is 0.415. The van der Waals surface area contributed by atoms with Gasteiger partial charge in [-0.3, -0.25) is 4.79 Å². The SMILES string of the molecule is Cc1noc(C)c1CN(C)C(=O)c1cc(N)cc(Cl)c1Cl. The van der Waals surface area contributed by atoms with Crippen LogP contribution >= 0.6 is 23.2 Å². The van der Waals surface area contributed by atoms with Crippen molar-refractivity contribution in [1.29, 1.82) is 0 Å². The van der Waals surface area contributed by atoms with Crippen molar-refractivity contribution < 1.29 is 9.32 Å². The Hall–Kier alpha value is -1.72. The number of amides is 1. The largest absolute Gasteiger partial charge is 0.399 e. The van der Waals surface area contributed by atoms with E-state index in [4.69, 9.17) is 33.5 Å². The van der Waals surface area contributed by atoms with Gasteiger partial charge in [0, 0.05) is 18.3 Å². The second kappa shape index (κ2) is 5.95. The highest BCUT2D eigenvalue weighted by atomic mass is 35.5. The van der Waals surface area contributed by atoms with E-state index in [0.29, 0.717) is 18.0 Å². The van der Waals surface area contributed by atoms with Crippen LogP contribution in [0.5, 0.6) is 0 Å². The van der Waals surface area contributed by atoms with Crippen molar-refractivity contribution >= 4 is 34.8 Å². The molecule has 0 saturated carbocycles. The molecule has 0 bridgehead atoms. The molecule has 0 atom stereocenters. The zero-order valence-electron chi connectivity index (χ0n) is 11.9. The molecular formula is C14H15Cl2N3O2. The maximum absolute atomic E-state index is 12.5. The first-order valence-corrected chi connectivity index (χ1v) is 6.98. The van der Waals surface area contributed by atoms with Gasteiger partial charge >= 0.3 is 0 Å². The van der Waals surface area contributed by atoms with Gasteiger partial charge in [0.2, 0.25) is 0 Å². The van der Waals surface area contributed by atoms with Gasteiger partial charge in [0.1, 0.15) is 5.76 Å². The lowest BCUT2D eigenvalue weighted by atomic mass is 10.1. The van der Waals surface area contributed by atoms with Crippen molar-refractivity contribution in [2.75, 3.05) is 12.8 Å². The van der Waals surface area contributed by atoms with Gasteiger partial charge in [-0.25, -0.2) is 0 Å². The number of carbonyl (C=O) groups is 1. The van der Waals surface area contributed by atoms with E-state index in [1.54, 1.807) is 14.0 Å². The molecule has 0 radical (unpaired) electrons. The van der Waals surface area contributed by atoms with Crippen molar-refractivity contribution in [3.05, 3.63) is 44.8 Å². The number of nitrogens with zero attached hydrogens (tertiary/aromatic N) is 2. The van der Waals surface area contributed by atoms with Crippen LogP contribution in [0.25, 0.3) is 0 Å². The molecule has 5 nitrogen and oxygen atoms in total. The fourth-order valence-electron chi connectivity index (χ4n) is 2.01. The van der Waals surface area contributed by atoms with Gasteiger partial charge in [-0.2, -0.15) is 0 Å². The predicted octanol–water partition coefficient (Wildman–Crippen LogP) is 3.45. The monoisotopic (exact) mass is 327 g/mol. The second-order valence-corrected chi connectivity index (χ2v) is 5.61. The summed E-state index contributed by atoms with van der Waals surface area (Å²) in [5.41, 5.74) is 8.00. The Labute approximate surface area is 132 Å². The average Bonchev–Trinajstić information content (AvgIpc) is 2.73. The molecule has 1 aromatic heterocycles. The Morgan fingerprint density at radius 3 is 2.62 bits per heavy atom. The number of halogens is 2. The van der Waals surface area contributed by atoms with Gasteiger partial charge in [0.25, 0.3) is 5.91 Å². The van der Waals surface area contributed by atoms with Crippen LogP contribution in [0.4, 0.5) is 5.69 Å². The first-order chi connectivity index (χ1) is 9.81. The molecule has 0 aliphatic rings. The molecule has 1 heterocycles. The summed E-state index contributed by atoms with van der Waals surface area (Å²) >= 11 is 12.0. The maximum atomic E-state index is 12.5. The van der Waals surface area contributed by atoms with E-state index in [1.165, 1.54) is 17.0 Å². The van der Waals surface area contributed by atoms with Crippen LogP contribution < -0.4 is 5.73 Å². The van der Waals surface area contributed by atoms with Gasteiger partial charge in [-0.05, 0) is 26.0 Å². The number of hydrogen-bond donors (Lipinski definition) is 1. The van der Waals surface area contributed by atoms with Crippen LogP contribution in [-0.2, 0) is 6.54 Å². The van der Waals surface area contributed by atoms with Crippen LogP contribution in [0.2, 0.25) is 10.0 Å². The van der Waals surface area contributed by atoms with Crippen molar-refractivity contribution in [2.45, 2.75) is 20.4 Å². The molecule has 21 heavy (non-hydrogen) atoms. The quantitative estimate of drug-likeness (QED) is 0.876. The van der Waals surface area contributed by atoms with Gasteiger partial charge in [-0.1, -0.05) is 28.4 Å². The first-order valence-electron chi connectivity index (χ1n) is 6.23. The van der Waals surface area contributed by atoms with E-state index < -0.39 is 0 Å². The summed E-state index contributed by atoms with van der Waals surface area (Å²) in [7, 11) is 1.67. The zero-order chi connectivity index (χ0) is 15.7. The van der Waals surface area contributed by atoms with Gasteiger partial charge in [-0.15, -0.1) is 0 Å². The fourth-order valence-corrected chi connectivity index (χ4v) is 2.43. The number of nitrogen functional groups attached to an aromatic ring is 1. The lowest BCUT2D eigenvalue weighted by molar-refractivity contribution is 0.0784.